The number of hydrogen-bond acceptors (Lipinski definition) is 3. The van der Waals surface area contributed by atoms with Gasteiger partial charge in [0.1, 0.15) is 10.7 Å². The number of benzene rings is 1. The molecule has 3 atom stereocenters. The van der Waals surface area contributed by atoms with E-state index in [0.29, 0.717) is 5.92 Å². The maximum Gasteiger partial charge on any atom is 0.242 e. The molecule has 6 heteroatoms. The third kappa shape index (κ3) is 3.30. The van der Waals surface area contributed by atoms with Gasteiger partial charge in [-0.2, -0.15) is 0 Å². The van der Waals surface area contributed by atoms with Crippen molar-refractivity contribution in [2.75, 3.05) is 5.73 Å². The van der Waals surface area contributed by atoms with Gasteiger partial charge in [0.25, 0.3) is 0 Å². The van der Waals surface area contributed by atoms with Gasteiger partial charge < -0.3 is 5.73 Å². The summed E-state index contributed by atoms with van der Waals surface area (Å²) in [6.45, 7) is 4.21. The van der Waals surface area contributed by atoms with E-state index in [9.17, 15) is 12.8 Å². The maximum absolute atomic E-state index is 13.2. The molecule has 0 heterocycles. The molecule has 112 valence electrons. The van der Waals surface area contributed by atoms with E-state index >= 15 is 0 Å². The Morgan fingerprint density at radius 3 is 2.65 bits per heavy atom. The first kappa shape index (κ1) is 15.3. The zero-order chi connectivity index (χ0) is 14.9. The van der Waals surface area contributed by atoms with Crippen molar-refractivity contribution < 1.29 is 12.8 Å². The summed E-state index contributed by atoms with van der Waals surface area (Å²) in [7, 11) is -3.78. The van der Waals surface area contributed by atoms with Crippen LogP contribution in [-0.2, 0) is 10.0 Å². The molecule has 4 nitrogen and oxygen atoms in total. The number of halogens is 1. The fraction of sp³-hybridized carbons (Fsp3) is 0.571. The Kier molecular flexibility index (Phi) is 4.34. The van der Waals surface area contributed by atoms with Crippen LogP contribution in [0.5, 0.6) is 0 Å². The van der Waals surface area contributed by atoms with Gasteiger partial charge in [-0.25, -0.2) is 17.5 Å². The largest absolute Gasteiger partial charge is 0.398 e. The minimum Gasteiger partial charge on any atom is -0.398 e. The van der Waals surface area contributed by atoms with Crippen LogP contribution in [0.15, 0.2) is 23.1 Å². The van der Waals surface area contributed by atoms with Gasteiger partial charge in [-0.3, -0.25) is 0 Å². The smallest absolute Gasteiger partial charge is 0.242 e. The predicted molar refractivity (Wildman–Crippen MR) is 77.1 cm³/mol. The van der Waals surface area contributed by atoms with E-state index in [1.807, 2.05) is 6.92 Å². The fourth-order valence-electron chi connectivity index (χ4n) is 2.84. The number of sulfonamides is 1. The van der Waals surface area contributed by atoms with Gasteiger partial charge in [-0.15, -0.1) is 0 Å². The zero-order valence-corrected chi connectivity index (χ0v) is 12.6. The molecule has 2 rings (SSSR count). The second-order valence-corrected chi connectivity index (χ2v) is 7.49. The Labute approximate surface area is 119 Å². The summed E-state index contributed by atoms with van der Waals surface area (Å²) in [5.74, 6) is 0.276. The molecule has 1 aromatic rings. The summed E-state index contributed by atoms with van der Waals surface area (Å²) in [6.07, 6.45) is 2.79. The molecular formula is C14H21FN2O2S. The first-order valence-electron chi connectivity index (χ1n) is 6.87. The molecule has 0 aromatic heterocycles. The zero-order valence-electron chi connectivity index (χ0n) is 11.8. The van der Waals surface area contributed by atoms with Crippen molar-refractivity contribution in [3.05, 3.63) is 24.0 Å². The predicted octanol–water partition coefficient (Wildman–Crippen LogP) is 2.51. The molecule has 3 unspecified atom stereocenters. The Morgan fingerprint density at radius 2 is 2.00 bits per heavy atom. The van der Waals surface area contributed by atoms with E-state index in [0.717, 1.165) is 31.4 Å². The molecule has 3 N–H and O–H groups in total. The lowest BCUT2D eigenvalue weighted by atomic mass is 9.80. The molecule has 20 heavy (non-hydrogen) atoms. The molecule has 0 amide bonds. The number of anilines is 1. The molecule has 1 fully saturated rings. The van der Waals surface area contributed by atoms with Gasteiger partial charge in [0.15, 0.2) is 0 Å². The summed E-state index contributed by atoms with van der Waals surface area (Å²) in [5, 5.41) is 0. The van der Waals surface area contributed by atoms with Crippen molar-refractivity contribution in [1.82, 2.24) is 4.72 Å². The van der Waals surface area contributed by atoms with Crippen LogP contribution in [-0.4, -0.2) is 14.5 Å². The Hall–Kier alpha value is -1.14. The average Bonchev–Trinajstić information content (AvgIpc) is 2.35. The van der Waals surface area contributed by atoms with Gasteiger partial charge >= 0.3 is 0 Å². The second-order valence-electron chi connectivity index (χ2n) is 5.81. The summed E-state index contributed by atoms with van der Waals surface area (Å²) < 4.78 is 40.6. The van der Waals surface area contributed by atoms with Crippen LogP contribution in [0.1, 0.15) is 33.1 Å². The minimum atomic E-state index is -3.78. The molecule has 0 saturated heterocycles. The van der Waals surface area contributed by atoms with Crippen LogP contribution in [0.2, 0.25) is 0 Å². The summed E-state index contributed by atoms with van der Waals surface area (Å²) in [4.78, 5) is -0.177. The van der Waals surface area contributed by atoms with Crippen molar-refractivity contribution >= 4 is 15.7 Å². The van der Waals surface area contributed by atoms with Crippen LogP contribution < -0.4 is 10.5 Å². The second kappa shape index (κ2) is 5.69. The van der Waals surface area contributed by atoms with E-state index in [2.05, 4.69) is 11.6 Å². The number of rotatable bonds is 3. The molecule has 0 radical (unpaired) electrons. The molecule has 1 saturated carbocycles. The first-order chi connectivity index (χ1) is 9.29. The van der Waals surface area contributed by atoms with E-state index in [1.165, 1.54) is 6.07 Å². The van der Waals surface area contributed by atoms with Gasteiger partial charge in [-0.1, -0.05) is 13.8 Å². The standard InChI is InChI=1S/C14H21FN2O2S/c1-9-3-6-13(10(2)7-9)17-20(18,19)14-8-11(15)4-5-12(14)16/h4-5,8-10,13,17H,3,6-7,16H2,1-2H3. The lowest BCUT2D eigenvalue weighted by Crippen LogP contribution is -2.42. The van der Waals surface area contributed by atoms with E-state index in [4.69, 9.17) is 5.73 Å². The van der Waals surface area contributed by atoms with Crippen LogP contribution in [0.4, 0.5) is 10.1 Å². The molecule has 0 spiro atoms. The van der Waals surface area contributed by atoms with Gasteiger partial charge in [0.2, 0.25) is 10.0 Å². The molecule has 0 bridgehead atoms. The monoisotopic (exact) mass is 300 g/mol. The lowest BCUT2D eigenvalue weighted by molar-refractivity contribution is 0.249. The maximum atomic E-state index is 13.2. The third-order valence-corrected chi connectivity index (χ3v) is 5.55. The molecular weight excluding hydrogens is 279 g/mol. The Balaban J connectivity index is 2.21. The van der Waals surface area contributed by atoms with Crippen molar-refractivity contribution in [3.8, 4) is 0 Å². The summed E-state index contributed by atoms with van der Waals surface area (Å²) in [6, 6.07) is 3.28. The van der Waals surface area contributed by atoms with E-state index in [-0.39, 0.29) is 22.5 Å². The highest BCUT2D eigenvalue weighted by atomic mass is 32.2. The fourth-order valence-corrected chi connectivity index (χ4v) is 4.37. The number of nitrogen functional groups attached to an aromatic ring is 1. The molecule has 1 aromatic carbocycles. The first-order valence-corrected chi connectivity index (χ1v) is 8.35. The van der Waals surface area contributed by atoms with E-state index < -0.39 is 15.8 Å². The Morgan fingerprint density at radius 1 is 1.30 bits per heavy atom. The number of nitrogens with two attached hydrogens (primary N) is 1. The van der Waals surface area contributed by atoms with Crippen molar-refractivity contribution in [1.29, 1.82) is 0 Å². The van der Waals surface area contributed by atoms with Crippen LogP contribution in [0, 0.1) is 17.7 Å². The highest BCUT2D eigenvalue weighted by molar-refractivity contribution is 7.89. The quantitative estimate of drug-likeness (QED) is 0.843. The van der Waals surface area contributed by atoms with Gasteiger partial charge in [0.05, 0.1) is 5.69 Å². The number of hydrogen-bond donors (Lipinski definition) is 2. The molecule has 1 aliphatic carbocycles. The number of nitrogens with one attached hydrogen (secondary N) is 1. The highest BCUT2D eigenvalue weighted by Crippen LogP contribution is 2.30. The summed E-state index contributed by atoms with van der Waals surface area (Å²) in [5.41, 5.74) is 5.72. The SMILES string of the molecule is CC1CCC(NS(=O)(=O)c2cc(F)ccc2N)C(C)C1. The lowest BCUT2D eigenvalue weighted by Gasteiger charge is -2.33. The van der Waals surface area contributed by atoms with Crippen molar-refractivity contribution in [2.45, 2.75) is 44.0 Å². The minimum absolute atomic E-state index is 0.0655. The van der Waals surface area contributed by atoms with E-state index in [1.54, 1.807) is 0 Å². The molecule has 1 aliphatic rings. The normalized spacial score (nSPS) is 27.4. The third-order valence-electron chi connectivity index (χ3n) is 4.00. The van der Waals surface area contributed by atoms with Crippen molar-refractivity contribution in [2.24, 2.45) is 11.8 Å². The van der Waals surface area contributed by atoms with Crippen molar-refractivity contribution in [3.63, 3.8) is 0 Å². The average molecular weight is 300 g/mol. The Bertz CT molecular complexity index is 589. The van der Waals surface area contributed by atoms with Gasteiger partial charge in [0, 0.05) is 6.04 Å². The highest BCUT2D eigenvalue weighted by Gasteiger charge is 2.30. The van der Waals surface area contributed by atoms with Crippen LogP contribution in [0.3, 0.4) is 0 Å². The topological polar surface area (TPSA) is 72.2 Å². The summed E-state index contributed by atoms with van der Waals surface area (Å²) >= 11 is 0. The van der Waals surface area contributed by atoms with Gasteiger partial charge in [-0.05, 0) is 49.3 Å². The van der Waals surface area contributed by atoms with Crippen LogP contribution in [0.25, 0.3) is 0 Å². The molecule has 0 aliphatic heterocycles. The van der Waals surface area contributed by atoms with Crippen LogP contribution >= 0.6 is 0 Å².